The molecule has 3 rings (SSSR count). The Morgan fingerprint density at radius 3 is 2.59 bits per heavy atom. The minimum atomic E-state index is -0.207. The molecule has 0 radical (unpaired) electrons. The maximum absolute atomic E-state index is 12.8. The highest BCUT2D eigenvalue weighted by molar-refractivity contribution is 8.02. The minimum Gasteiger partial charge on any atom is -0.283 e. The molecule has 1 aromatic carbocycles. The third-order valence-corrected chi connectivity index (χ3v) is 4.84. The standard InChI is InChI=1S/C17H18N2O2S/c1-3-9-18-15(20)14(13-7-5-4-6-8-13)16-19(17(18)21)10-12(2)11-22-16/h4-8,11H,3,9-10H2,1-2H3. The molecule has 0 unspecified atom stereocenters. The van der Waals surface area contributed by atoms with Gasteiger partial charge >= 0.3 is 5.69 Å². The summed E-state index contributed by atoms with van der Waals surface area (Å²) in [5.74, 6) is 0. The second-order valence-electron chi connectivity index (χ2n) is 5.45. The Bertz CT molecular complexity index is 847. The zero-order valence-electron chi connectivity index (χ0n) is 12.7. The van der Waals surface area contributed by atoms with Gasteiger partial charge in [-0.2, -0.15) is 0 Å². The van der Waals surface area contributed by atoms with Crippen molar-refractivity contribution in [3.05, 3.63) is 62.2 Å². The molecule has 2 aromatic rings. The molecular formula is C17H18N2O2S. The van der Waals surface area contributed by atoms with Gasteiger partial charge in [-0.15, -0.1) is 0 Å². The first-order valence-corrected chi connectivity index (χ1v) is 8.26. The third-order valence-electron chi connectivity index (χ3n) is 3.67. The molecule has 1 aliphatic rings. The Kier molecular flexibility index (Phi) is 4.07. The predicted molar refractivity (Wildman–Crippen MR) is 90.3 cm³/mol. The number of thioether (sulfide) groups is 1. The minimum absolute atomic E-state index is 0.190. The predicted octanol–water partition coefficient (Wildman–Crippen LogP) is 3.10. The Labute approximate surface area is 133 Å². The van der Waals surface area contributed by atoms with E-state index in [1.165, 1.54) is 16.3 Å². The SMILES string of the molecule is CCCn1c(=O)c(-c2ccccc2)c2n(c1=O)CC(C)=CS2. The molecular weight excluding hydrogens is 296 g/mol. The van der Waals surface area contributed by atoms with Gasteiger partial charge in [0.1, 0.15) is 0 Å². The summed E-state index contributed by atoms with van der Waals surface area (Å²) in [4.78, 5) is 25.5. The lowest BCUT2D eigenvalue weighted by atomic mass is 10.1. The van der Waals surface area contributed by atoms with E-state index in [-0.39, 0.29) is 11.2 Å². The molecule has 1 aliphatic heterocycles. The summed E-state index contributed by atoms with van der Waals surface area (Å²) in [6.45, 7) is 4.97. The first kappa shape index (κ1) is 14.9. The molecule has 22 heavy (non-hydrogen) atoms. The van der Waals surface area contributed by atoms with Crippen LogP contribution in [0.3, 0.4) is 0 Å². The lowest BCUT2D eigenvalue weighted by Gasteiger charge is -2.21. The van der Waals surface area contributed by atoms with Crippen LogP contribution in [0.1, 0.15) is 20.3 Å². The summed E-state index contributed by atoms with van der Waals surface area (Å²) in [6.07, 6.45) is 0.755. The highest BCUT2D eigenvalue weighted by Crippen LogP contribution is 2.32. The molecule has 5 heteroatoms. The quantitative estimate of drug-likeness (QED) is 0.818. The molecule has 114 valence electrons. The monoisotopic (exact) mass is 314 g/mol. The van der Waals surface area contributed by atoms with Crippen molar-refractivity contribution in [3.63, 3.8) is 0 Å². The third kappa shape index (κ3) is 2.46. The number of rotatable bonds is 3. The van der Waals surface area contributed by atoms with Gasteiger partial charge in [-0.1, -0.05) is 49.0 Å². The number of benzene rings is 1. The lowest BCUT2D eigenvalue weighted by molar-refractivity contribution is 0.536. The fourth-order valence-corrected chi connectivity index (χ4v) is 3.64. The Morgan fingerprint density at radius 2 is 1.91 bits per heavy atom. The van der Waals surface area contributed by atoms with E-state index in [0.29, 0.717) is 18.7 Å². The van der Waals surface area contributed by atoms with Gasteiger partial charge in [-0.3, -0.25) is 13.9 Å². The van der Waals surface area contributed by atoms with E-state index in [1.54, 1.807) is 4.57 Å². The summed E-state index contributed by atoms with van der Waals surface area (Å²) >= 11 is 1.46. The lowest BCUT2D eigenvalue weighted by Crippen LogP contribution is -2.42. The molecule has 0 spiro atoms. The zero-order valence-corrected chi connectivity index (χ0v) is 13.5. The maximum Gasteiger partial charge on any atom is 0.332 e. The molecule has 0 aliphatic carbocycles. The van der Waals surface area contributed by atoms with Crippen LogP contribution in [-0.2, 0) is 13.1 Å². The van der Waals surface area contributed by atoms with Gasteiger partial charge in [0.15, 0.2) is 0 Å². The fourth-order valence-electron chi connectivity index (χ4n) is 2.66. The van der Waals surface area contributed by atoms with Gasteiger partial charge in [-0.25, -0.2) is 4.79 Å². The Hall–Kier alpha value is -2.01. The summed E-state index contributed by atoms with van der Waals surface area (Å²) in [5, 5.41) is 2.77. The van der Waals surface area contributed by atoms with Crippen molar-refractivity contribution < 1.29 is 0 Å². The summed E-state index contributed by atoms with van der Waals surface area (Å²) in [7, 11) is 0. The van der Waals surface area contributed by atoms with Crippen LogP contribution in [0.4, 0.5) is 0 Å². The van der Waals surface area contributed by atoms with Crippen molar-refractivity contribution in [2.75, 3.05) is 0 Å². The van der Waals surface area contributed by atoms with Crippen molar-refractivity contribution in [2.45, 2.75) is 38.4 Å². The van der Waals surface area contributed by atoms with E-state index in [4.69, 9.17) is 0 Å². The molecule has 0 amide bonds. The van der Waals surface area contributed by atoms with Crippen molar-refractivity contribution in [1.82, 2.24) is 9.13 Å². The summed E-state index contributed by atoms with van der Waals surface area (Å²) in [6, 6.07) is 9.59. The van der Waals surface area contributed by atoms with E-state index in [1.807, 2.05) is 49.6 Å². The maximum atomic E-state index is 12.8. The Morgan fingerprint density at radius 1 is 1.18 bits per heavy atom. The molecule has 0 bridgehead atoms. The van der Waals surface area contributed by atoms with Gasteiger partial charge < -0.3 is 0 Å². The van der Waals surface area contributed by atoms with Crippen molar-refractivity contribution in [3.8, 4) is 11.1 Å². The summed E-state index contributed by atoms with van der Waals surface area (Å²) in [5.41, 5.74) is 2.22. The van der Waals surface area contributed by atoms with E-state index < -0.39 is 0 Å². The van der Waals surface area contributed by atoms with Gasteiger partial charge in [0, 0.05) is 13.1 Å². The molecule has 0 fully saturated rings. The number of aromatic nitrogens is 2. The second-order valence-corrected chi connectivity index (χ2v) is 6.31. The first-order valence-electron chi connectivity index (χ1n) is 7.38. The Balaban J connectivity index is 2.35. The van der Waals surface area contributed by atoms with Crippen molar-refractivity contribution in [2.24, 2.45) is 0 Å². The highest BCUT2D eigenvalue weighted by atomic mass is 32.2. The summed E-state index contributed by atoms with van der Waals surface area (Å²) < 4.78 is 3.09. The topological polar surface area (TPSA) is 44.0 Å². The number of nitrogens with zero attached hydrogens (tertiary/aromatic N) is 2. The number of allylic oxidation sites excluding steroid dienone is 1. The first-order chi connectivity index (χ1) is 10.6. The molecule has 2 heterocycles. The van der Waals surface area contributed by atoms with Crippen LogP contribution in [0.5, 0.6) is 0 Å². The molecule has 0 saturated carbocycles. The number of fused-ring (bicyclic) bond motifs is 1. The number of hydrogen-bond donors (Lipinski definition) is 0. The van der Waals surface area contributed by atoms with Crippen molar-refractivity contribution >= 4 is 11.8 Å². The molecule has 0 atom stereocenters. The van der Waals surface area contributed by atoms with E-state index >= 15 is 0 Å². The average Bonchev–Trinajstić information content (AvgIpc) is 2.53. The number of hydrogen-bond acceptors (Lipinski definition) is 3. The van der Waals surface area contributed by atoms with E-state index in [2.05, 4.69) is 0 Å². The van der Waals surface area contributed by atoms with Gasteiger partial charge in [-0.05, 0) is 29.9 Å². The van der Waals surface area contributed by atoms with Crippen LogP contribution >= 0.6 is 11.8 Å². The zero-order chi connectivity index (χ0) is 15.7. The van der Waals surface area contributed by atoms with Crippen LogP contribution in [-0.4, -0.2) is 9.13 Å². The van der Waals surface area contributed by atoms with Gasteiger partial charge in [0.05, 0.1) is 10.6 Å². The van der Waals surface area contributed by atoms with Crippen LogP contribution in [0.25, 0.3) is 11.1 Å². The van der Waals surface area contributed by atoms with Crippen molar-refractivity contribution in [1.29, 1.82) is 0 Å². The average molecular weight is 314 g/mol. The van der Waals surface area contributed by atoms with Crippen LogP contribution in [0, 0.1) is 0 Å². The van der Waals surface area contributed by atoms with Crippen LogP contribution in [0.15, 0.2) is 55.9 Å². The van der Waals surface area contributed by atoms with Crippen LogP contribution < -0.4 is 11.2 Å². The fraction of sp³-hybridized carbons (Fsp3) is 0.294. The largest absolute Gasteiger partial charge is 0.332 e. The second kappa shape index (κ2) is 6.01. The van der Waals surface area contributed by atoms with E-state index in [9.17, 15) is 9.59 Å². The molecule has 4 nitrogen and oxygen atoms in total. The molecule has 0 saturated heterocycles. The normalized spacial score (nSPS) is 13.6. The smallest absolute Gasteiger partial charge is 0.283 e. The van der Waals surface area contributed by atoms with E-state index in [0.717, 1.165) is 22.6 Å². The molecule has 1 aromatic heterocycles. The van der Waals surface area contributed by atoms with Gasteiger partial charge in [0.25, 0.3) is 5.56 Å². The van der Waals surface area contributed by atoms with Gasteiger partial charge in [0.2, 0.25) is 0 Å². The highest BCUT2D eigenvalue weighted by Gasteiger charge is 2.22. The molecule has 0 N–H and O–H groups in total. The van der Waals surface area contributed by atoms with Crippen LogP contribution in [0.2, 0.25) is 0 Å².